The van der Waals surface area contributed by atoms with Gasteiger partial charge in [-0.1, -0.05) is 24.4 Å². The van der Waals surface area contributed by atoms with E-state index in [0.29, 0.717) is 17.8 Å². The van der Waals surface area contributed by atoms with Crippen molar-refractivity contribution in [3.05, 3.63) is 65.2 Å². The summed E-state index contributed by atoms with van der Waals surface area (Å²) in [6.45, 7) is 0.406. The molecule has 0 atom stereocenters. The van der Waals surface area contributed by atoms with E-state index in [1.54, 1.807) is 24.3 Å². The topological polar surface area (TPSA) is 38.0 Å². The van der Waals surface area contributed by atoms with E-state index in [0.717, 1.165) is 5.56 Å². The Kier molecular flexibility index (Phi) is 4.06. The Morgan fingerprint density at radius 3 is 2.37 bits per heavy atom. The molecule has 0 spiro atoms. The van der Waals surface area contributed by atoms with Gasteiger partial charge >= 0.3 is 0 Å². The van der Waals surface area contributed by atoms with E-state index in [-0.39, 0.29) is 10.8 Å². The van der Waals surface area contributed by atoms with Crippen molar-refractivity contribution in [1.82, 2.24) is 0 Å². The van der Waals surface area contributed by atoms with Crippen molar-refractivity contribution in [1.29, 1.82) is 0 Å². The van der Waals surface area contributed by atoms with E-state index < -0.39 is 5.82 Å². The van der Waals surface area contributed by atoms with E-state index in [4.69, 9.17) is 18.0 Å². The van der Waals surface area contributed by atoms with Gasteiger partial charge in [-0.05, 0) is 35.9 Å². The Balaban J connectivity index is 2.07. The quantitative estimate of drug-likeness (QED) is 0.843. The van der Waals surface area contributed by atoms with Gasteiger partial charge in [-0.3, -0.25) is 0 Å². The third-order valence-electron chi connectivity index (χ3n) is 2.65. The van der Waals surface area contributed by atoms with Crippen LogP contribution in [0.15, 0.2) is 42.5 Å². The van der Waals surface area contributed by atoms with Crippen LogP contribution in [0.2, 0.25) is 0 Å². The molecule has 19 heavy (non-hydrogen) atoms. The summed E-state index contributed by atoms with van der Waals surface area (Å²) in [6.07, 6.45) is 0. The third-order valence-corrected chi connectivity index (χ3v) is 2.89. The Morgan fingerprint density at radius 1 is 1.11 bits per heavy atom. The molecule has 2 rings (SSSR count). The van der Waals surface area contributed by atoms with E-state index in [2.05, 4.69) is 5.32 Å². The zero-order valence-electron chi connectivity index (χ0n) is 9.99. The molecule has 0 aliphatic carbocycles. The number of hydrogen-bond donors (Lipinski definition) is 2. The van der Waals surface area contributed by atoms with Gasteiger partial charge in [0, 0.05) is 12.1 Å². The van der Waals surface area contributed by atoms with Crippen LogP contribution >= 0.6 is 12.2 Å². The highest BCUT2D eigenvalue weighted by Crippen LogP contribution is 2.17. The Morgan fingerprint density at radius 2 is 1.79 bits per heavy atom. The lowest BCUT2D eigenvalue weighted by Crippen LogP contribution is -2.10. The SMILES string of the molecule is NC(=S)c1ccc(NCc2ccc(F)cc2)c(F)c1. The number of anilines is 1. The van der Waals surface area contributed by atoms with Crippen LogP contribution in [0.3, 0.4) is 0 Å². The molecule has 0 unspecified atom stereocenters. The molecule has 0 fully saturated rings. The number of benzene rings is 2. The summed E-state index contributed by atoms with van der Waals surface area (Å²) in [6, 6.07) is 10.5. The summed E-state index contributed by atoms with van der Waals surface area (Å²) < 4.78 is 26.5. The number of hydrogen-bond acceptors (Lipinski definition) is 2. The van der Waals surface area contributed by atoms with Crippen LogP contribution in [0.25, 0.3) is 0 Å². The second kappa shape index (κ2) is 5.75. The lowest BCUT2D eigenvalue weighted by Gasteiger charge is -2.09. The van der Waals surface area contributed by atoms with E-state index in [1.165, 1.54) is 18.2 Å². The number of halogens is 2. The second-order valence-electron chi connectivity index (χ2n) is 4.04. The van der Waals surface area contributed by atoms with Gasteiger partial charge in [0.1, 0.15) is 16.6 Å². The zero-order valence-corrected chi connectivity index (χ0v) is 10.8. The number of nitrogens with two attached hydrogens (primary N) is 1. The minimum absolute atomic E-state index is 0.156. The van der Waals surface area contributed by atoms with Gasteiger partial charge in [-0.15, -0.1) is 0 Å². The van der Waals surface area contributed by atoms with Gasteiger partial charge in [0.2, 0.25) is 0 Å². The predicted molar refractivity (Wildman–Crippen MR) is 76.0 cm³/mol. The van der Waals surface area contributed by atoms with Gasteiger partial charge in [0.15, 0.2) is 0 Å². The fraction of sp³-hybridized carbons (Fsp3) is 0.0714. The molecule has 0 amide bonds. The third kappa shape index (κ3) is 3.48. The minimum atomic E-state index is -0.424. The van der Waals surface area contributed by atoms with Gasteiger partial charge < -0.3 is 11.1 Å². The highest BCUT2D eigenvalue weighted by atomic mass is 32.1. The predicted octanol–water partition coefficient (Wildman–Crippen LogP) is 3.21. The Bertz CT molecular complexity index is 597. The van der Waals surface area contributed by atoms with Crippen molar-refractivity contribution in [3.63, 3.8) is 0 Å². The smallest absolute Gasteiger partial charge is 0.146 e. The maximum Gasteiger partial charge on any atom is 0.146 e. The molecule has 0 radical (unpaired) electrons. The first-order valence-corrected chi connectivity index (χ1v) is 6.05. The molecule has 2 nitrogen and oxygen atoms in total. The molecule has 5 heteroatoms. The van der Waals surface area contributed by atoms with Gasteiger partial charge in [0.05, 0.1) is 5.69 Å². The van der Waals surface area contributed by atoms with Gasteiger partial charge in [-0.25, -0.2) is 8.78 Å². The average molecular weight is 278 g/mol. The van der Waals surface area contributed by atoms with Crippen molar-refractivity contribution >= 4 is 22.9 Å². The largest absolute Gasteiger partial charge is 0.389 e. The normalized spacial score (nSPS) is 10.2. The van der Waals surface area contributed by atoms with Crippen LogP contribution < -0.4 is 11.1 Å². The standard InChI is InChI=1S/C14H12F2N2S/c15-11-4-1-9(2-5-11)8-18-13-6-3-10(14(17)19)7-12(13)16/h1-7,18H,8H2,(H2,17,19). The fourth-order valence-electron chi connectivity index (χ4n) is 1.61. The maximum atomic E-state index is 13.7. The molecule has 0 saturated heterocycles. The molecular weight excluding hydrogens is 266 g/mol. The van der Waals surface area contributed by atoms with Gasteiger partial charge in [-0.2, -0.15) is 0 Å². The van der Waals surface area contributed by atoms with Crippen molar-refractivity contribution in [2.45, 2.75) is 6.54 Å². The van der Waals surface area contributed by atoms with Crippen LogP contribution in [0, 0.1) is 11.6 Å². The molecule has 0 heterocycles. The van der Waals surface area contributed by atoms with Crippen LogP contribution in [-0.4, -0.2) is 4.99 Å². The zero-order chi connectivity index (χ0) is 13.8. The highest BCUT2D eigenvalue weighted by molar-refractivity contribution is 7.80. The van der Waals surface area contributed by atoms with E-state index in [1.807, 2.05) is 0 Å². The maximum absolute atomic E-state index is 13.7. The summed E-state index contributed by atoms with van der Waals surface area (Å²) in [4.78, 5) is 0.156. The molecule has 3 N–H and O–H groups in total. The molecular formula is C14H12F2N2S. The molecule has 2 aromatic carbocycles. The first-order chi connectivity index (χ1) is 9.06. The van der Waals surface area contributed by atoms with Gasteiger partial charge in [0.25, 0.3) is 0 Å². The molecule has 0 aliphatic heterocycles. The number of rotatable bonds is 4. The van der Waals surface area contributed by atoms with Crippen molar-refractivity contribution in [2.75, 3.05) is 5.32 Å². The minimum Gasteiger partial charge on any atom is -0.389 e. The summed E-state index contributed by atoms with van der Waals surface area (Å²) in [5.41, 5.74) is 7.12. The van der Waals surface area contributed by atoms with Crippen LogP contribution in [-0.2, 0) is 6.54 Å². The molecule has 0 aromatic heterocycles. The molecule has 0 aliphatic rings. The Hall–Kier alpha value is -2.01. The Labute approximate surface area is 115 Å². The van der Waals surface area contributed by atoms with E-state index in [9.17, 15) is 8.78 Å². The lowest BCUT2D eigenvalue weighted by atomic mass is 10.2. The van der Waals surface area contributed by atoms with Crippen molar-refractivity contribution < 1.29 is 8.78 Å². The number of nitrogens with one attached hydrogen (secondary N) is 1. The van der Waals surface area contributed by atoms with Crippen molar-refractivity contribution in [3.8, 4) is 0 Å². The fourth-order valence-corrected chi connectivity index (χ4v) is 1.74. The molecule has 0 bridgehead atoms. The first-order valence-electron chi connectivity index (χ1n) is 5.64. The van der Waals surface area contributed by atoms with Crippen LogP contribution in [0.4, 0.5) is 14.5 Å². The van der Waals surface area contributed by atoms with Crippen LogP contribution in [0.5, 0.6) is 0 Å². The molecule has 98 valence electrons. The van der Waals surface area contributed by atoms with Crippen molar-refractivity contribution in [2.24, 2.45) is 5.73 Å². The first kappa shape index (κ1) is 13.4. The summed E-state index contributed by atoms with van der Waals surface area (Å²) >= 11 is 4.77. The average Bonchev–Trinajstić information content (AvgIpc) is 2.39. The summed E-state index contributed by atoms with van der Waals surface area (Å²) in [7, 11) is 0. The highest BCUT2D eigenvalue weighted by Gasteiger charge is 2.05. The summed E-state index contributed by atoms with van der Waals surface area (Å²) in [5, 5.41) is 2.93. The molecule has 0 saturated carbocycles. The van der Waals surface area contributed by atoms with Crippen LogP contribution in [0.1, 0.15) is 11.1 Å². The second-order valence-corrected chi connectivity index (χ2v) is 4.48. The summed E-state index contributed by atoms with van der Waals surface area (Å²) in [5.74, 6) is -0.719. The number of thiocarbonyl (C=S) groups is 1. The lowest BCUT2D eigenvalue weighted by molar-refractivity contribution is 0.626. The molecule has 2 aromatic rings. The van der Waals surface area contributed by atoms with E-state index >= 15 is 0 Å². The monoisotopic (exact) mass is 278 g/mol.